The third kappa shape index (κ3) is 54.7. The van der Waals surface area contributed by atoms with Crippen molar-refractivity contribution in [1.29, 1.82) is 0 Å². The molecule has 137 heavy (non-hydrogen) atoms. The van der Waals surface area contributed by atoms with E-state index in [1.54, 1.807) is 67.4 Å². The zero-order chi connectivity index (χ0) is 94.8. The van der Waals surface area contributed by atoms with Crippen LogP contribution in [0.3, 0.4) is 0 Å². The van der Waals surface area contributed by atoms with Gasteiger partial charge in [-0.3, -0.25) is 24.8 Å². The van der Waals surface area contributed by atoms with Crippen LogP contribution in [0.25, 0.3) is 67.8 Å². The summed E-state index contributed by atoms with van der Waals surface area (Å²) in [4.78, 5) is 30.0. The van der Waals surface area contributed by atoms with E-state index in [2.05, 4.69) is 109 Å². The van der Waals surface area contributed by atoms with E-state index in [1.165, 1.54) is 0 Å². The van der Waals surface area contributed by atoms with Crippen LogP contribution in [0.15, 0.2) is 170 Å². The molecule has 0 radical (unpaired) electrons. The maximum atomic E-state index is 10.9. The van der Waals surface area contributed by atoms with Crippen molar-refractivity contribution in [1.82, 2.24) is 82.7 Å². The average molecular weight is 1950 g/mol. The lowest BCUT2D eigenvalue weighted by Gasteiger charge is -2.26. The van der Waals surface area contributed by atoms with Crippen LogP contribution in [0.1, 0.15) is 35.1 Å². The van der Waals surface area contributed by atoms with Gasteiger partial charge >= 0.3 is 17.6 Å². The van der Waals surface area contributed by atoms with Crippen LogP contribution in [0, 0.1) is 0 Å². The van der Waals surface area contributed by atoms with Crippen LogP contribution < -0.4 is 68.8 Å². The topological polar surface area (TPSA) is 421 Å². The lowest BCUT2D eigenvalue weighted by atomic mass is 10.0. The summed E-state index contributed by atoms with van der Waals surface area (Å²) in [6, 6.07) is 49.1. The van der Waals surface area contributed by atoms with Gasteiger partial charge in [-0.25, -0.2) is 9.97 Å². The van der Waals surface area contributed by atoms with Crippen molar-refractivity contribution >= 4 is 17.6 Å². The lowest BCUT2D eigenvalue weighted by Crippen LogP contribution is -2.43. The first-order valence-corrected chi connectivity index (χ1v) is 50.8. The molecule has 14 N–H and O–H groups in total. The van der Waals surface area contributed by atoms with Crippen LogP contribution in [-0.2, 0) is 69.2 Å². The van der Waals surface area contributed by atoms with Crippen LogP contribution >= 0.6 is 0 Å². The van der Waals surface area contributed by atoms with E-state index in [0.29, 0.717) is 157 Å². The Bertz CT molecular complexity index is 3990. The Balaban J connectivity index is 0.000000496. The Morgan fingerprint density at radius 1 is 0.343 bits per heavy atom. The Labute approximate surface area is 819 Å². The maximum Gasteiger partial charge on any atom is 0.500 e. The molecule has 9 rings (SSSR count). The Kier molecular flexibility index (Phi) is 70.9. The van der Waals surface area contributed by atoms with Gasteiger partial charge in [0.25, 0.3) is 0 Å². The van der Waals surface area contributed by atoms with Crippen LogP contribution in [0.2, 0.25) is 12.1 Å². The van der Waals surface area contributed by atoms with Gasteiger partial charge in [-0.05, 0) is 132 Å². The fourth-order valence-corrected chi connectivity index (χ4v) is 16.6. The summed E-state index contributed by atoms with van der Waals surface area (Å²) >= 11 is 0. The number of hydrogen-bond acceptors (Lipinski definition) is 36. The predicted molar refractivity (Wildman–Crippen MR) is 549 cm³/mol. The van der Waals surface area contributed by atoms with Crippen molar-refractivity contribution in [3.05, 3.63) is 170 Å². The summed E-state index contributed by atoms with van der Waals surface area (Å²) in [5.74, 6) is 1.57. The molecule has 0 bridgehead atoms. The van der Waals surface area contributed by atoms with Crippen LogP contribution in [-0.4, -0.2) is 388 Å². The minimum atomic E-state index is -2.65. The minimum Gasteiger partial charge on any atom is -0.491 e. The highest BCUT2D eigenvalue weighted by Gasteiger charge is 2.38. The molecule has 1 fully saturated rings. The fourth-order valence-electron chi connectivity index (χ4n) is 13.3. The molecule has 2 aromatic carbocycles. The number of benzene rings is 2. The molecule has 0 saturated carbocycles. The molecule has 38 heteroatoms. The number of aromatic nitrogens is 6. The number of rotatable bonds is 80. The third-order valence-electron chi connectivity index (χ3n) is 20.7. The number of ether oxygens (including phenoxy) is 11. The number of hydrogen-bond donors (Lipinski definition) is 12. The molecule has 0 spiro atoms. The van der Waals surface area contributed by atoms with E-state index in [-0.39, 0.29) is 28.9 Å². The van der Waals surface area contributed by atoms with E-state index in [4.69, 9.17) is 100 Å². The number of aliphatic hydroxyl groups is 1. The lowest BCUT2D eigenvalue weighted by molar-refractivity contribution is 0.0156. The summed E-state index contributed by atoms with van der Waals surface area (Å²) in [6.07, 6.45) is 8.40. The van der Waals surface area contributed by atoms with Crippen LogP contribution in [0.5, 0.6) is 11.5 Å². The highest BCUT2D eigenvalue weighted by Crippen LogP contribution is 2.32. The standard InChI is InChI=1S/C48H77N9O9Si.C39H57N9O4.C9H20O5Si.3CH4/c1-59-67(60-2,61-3)36-8-28-65-40-43(58)39-57(26-21-52-24-30-63-33-32-62-29-23-51-20-19-50-18-15-49)27-22-53-25-31-64-34-35-66-44-13-11-41(12-14-44)42-37-47(45-9-4-6-16-54-45)56-48(38-42)46-10-5-7-17-55-46;40-11-14-41-15-18-43-21-24-49-27-28-50-25-22-44-19-16-42-17-20-45-23-26-51-29-30-52-35-9-7-33(8-10-35)34-31-38(36-5-1-3-12-46-36)48-39(32-34)37-6-2-4-13-47-37;1-10-15(11-2,12-3)6-4-5-13-7-9-8-14-9;;;/h4-7,9-14,16-17,37-38,43,50-53,58H,8,15,18-36,39-40,49H2,1-3H3;1-10,12-13,31-32,41-45H,11,14-30,40H2;9H,4-8H2,1-3H3;3*1H4. The molecule has 7 heterocycles. The van der Waals surface area contributed by atoms with Gasteiger partial charge in [-0.1, -0.05) is 70.8 Å². The number of nitrogens with two attached hydrogens (primary N) is 2. The van der Waals surface area contributed by atoms with Gasteiger partial charge in [0.2, 0.25) is 0 Å². The van der Waals surface area contributed by atoms with Crippen molar-refractivity contribution in [3.8, 4) is 79.3 Å². The van der Waals surface area contributed by atoms with Crippen molar-refractivity contribution < 1.29 is 83.8 Å². The van der Waals surface area contributed by atoms with Gasteiger partial charge < -0.3 is 143 Å². The third-order valence-corrected chi connectivity index (χ3v) is 26.3. The van der Waals surface area contributed by atoms with Gasteiger partial charge in [-0.2, -0.15) is 0 Å². The number of pyridine rings is 6. The number of nitrogens with zero attached hydrogens (tertiary/aromatic N) is 7. The smallest absolute Gasteiger partial charge is 0.491 e. The Morgan fingerprint density at radius 3 is 0.927 bits per heavy atom. The molecule has 6 aromatic heterocycles. The van der Waals surface area contributed by atoms with Gasteiger partial charge in [0.05, 0.1) is 151 Å². The molecule has 1 aliphatic rings. The molecule has 36 nitrogen and oxygen atoms in total. The first kappa shape index (κ1) is 122. The van der Waals surface area contributed by atoms with E-state index < -0.39 is 23.7 Å². The molecule has 2 atom stereocenters. The molecule has 0 aliphatic carbocycles. The Morgan fingerprint density at radius 2 is 0.635 bits per heavy atom. The quantitative estimate of drug-likeness (QED) is 0.0101. The van der Waals surface area contributed by atoms with Crippen LogP contribution in [0.4, 0.5) is 0 Å². The maximum absolute atomic E-state index is 10.9. The fraction of sp³-hybridized carbons (Fsp3) is 0.576. The van der Waals surface area contributed by atoms with Crippen molar-refractivity contribution in [3.63, 3.8) is 0 Å². The highest BCUT2D eigenvalue weighted by atomic mass is 28.4. The number of epoxide rings is 1. The second kappa shape index (κ2) is 79.9. The second-order valence-electron chi connectivity index (χ2n) is 30.7. The summed E-state index contributed by atoms with van der Waals surface area (Å²) in [5.41, 5.74) is 21.4. The summed E-state index contributed by atoms with van der Waals surface area (Å²) in [6.45, 7) is 29.5. The molecule has 1 saturated heterocycles. The number of aliphatic hydroxyl groups excluding tert-OH is 1. The molecule has 2 unspecified atom stereocenters. The van der Waals surface area contributed by atoms with E-state index in [9.17, 15) is 5.11 Å². The summed E-state index contributed by atoms with van der Waals surface area (Å²) in [5, 5.41) is 41.1. The predicted octanol–water partition coefficient (Wildman–Crippen LogP) is 7.35. The first-order valence-electron chi connectivity index (χ1n) is 47.0. The first-order chi connectivity index (χ1) is 66.1. The van der Waals surface area contributed by atoms with Crippen molar-refractivity contribution in [2.45, 2.75) is 59.4 Å². The van der Waals surface area contributed by atoms with Gasteiger partial charge in [0, 0.05) is 243 Å². The van der Waals surface area contributed by atoms with E-state index in [0.717, 1.165) is 223 Å². The van der Waals surface area contributed by atoms with Gasteiger partial charge in [0.1, 0.15) is 30.8 Å². The van der Waals surface area contributed by atoms with E-state index >= 15 is 0 Å². The molecule has 8 aromatic rings. The summed E-state index contributed by atoms with van der Waals surface area (Å²) in [7, 11) is 4.64. The largest absolute Gasteiger partial charge is 0.500 e. The molecule has 768 valence electrons. The minimum absolute atomic E-state index is 0. The Hall–Kier alpha value is -7.75. The average Bonchev–Trinajstić information content (AvgIpc) is 1.27. The zero-order valence-corrected chi connectivity index (χ0v) is 82.0. The highest BCUT2D eigenvalue weighted by molar-refractivity contribution is 6.60. The summed E-state index contributed by atoms with van der Waals surface area (Å²) < 4.78 is 94.7. The number of nitrogens with one attached hydrogen (secondary N) is 9. The van der Waals surface area contributed by atoms with E-state index in [1.807, 2.05) is 109 Å². The molecule has 1 aliphatic heterocycles. The van der Waals surface area contributed by atoms with Crippen molar-refractivity contribution in [2.75, 3.05) is 319 Å². The molecular formula is C99H166N18O18Si2. The normalized spacial score (nSPS) is 12.5. The molecule has 0 amide bonds. The second-order valence-corrected chi connectivity index (χ2v) is 36.9. The zero-order valence-electron chi connectivity index (χ0n) is 80.0. The molecular weight excluding hydrogens is 1790 g/mol. The SMILES string of the molecule is C.C.C.CO[Si](CCCOCC(O)CN(CCNCCOCCOCCNCCNCCN)CCNCCOCCOc1ccc(-c2cc(-c3ccccn3)nc(-c3ccccn3)c2)cc1)(OC)OC.CO[Si](CCCOCC1CO1)(OC)OC.NCCNCCNCCOCCOCCNCCNCCNCCOCCOc1ccc(-c2cc(-c3ccccn3)nc(-c3ccccn3)c2)cc1. The van der Waals surface area contributed by atoms with Crippen molar-refractivity contribution in [2.24, 2.45) is 11.5 Å². The van der Waals surface area contributed by atoms with Gasteiger partial charge in [-0.15, -0.1) is 0 Å². The monoisotopic (exact) mass is 1950 g/mol. The van der Waals surface area contributed by atoms with Gasteiger partial charge in [0.15, 0.2) is 0 Å².